The highest BCUT2D eigenvalue weighted by Gasteiger charge is 2.35. The normalized spacial score (nSPS) is 23.3. The molecule has 0 aliphatic carbocycles. The fraction of sp³-hybridized carbons (Fsp3) is 1.00. The second-order valence-electron chi connectivity index (χ2n) is 2.88. The van der Waals surface area contributed by atoms with Gasteiger partial charge in [0.15, 0.2) is 0 Å². The van der Waals surface area contributed by atoms with Crippen molar-refractivity contribution in [3.63, 3.8) is 0 Å². The average Bonchev–Trinajstić information content (AvgIpc) is 1.79. The van der Waals surface area contributed by atoms with E-state index < -0.39 is 0 Å². The van der Waals surface area contributed by atoms with Gasteiger partial charge in [-0.1, -0.05) is 6.92 Å². The zero-order chi connectivity index (χ0) is 6.74. The number of hydrogen-bond acceptors (Lipinski definition) is 2. The molecule has 0 saturated carbocycles. The van der Waals surface area contributed by atoms with E-state index in [4.69, 9.17) is 4.74 Å². The third kappa shape index (κ3) is 1.25. The number of hydrogen-bond donors (Lipinski definition) is 1. The maximum absolute atomic E-state index is 5.14. The van der Waals surface area contributed by atoms with E-state index >= 15 is 0 Å². The van der Waals surface area contributed by atoms with Crippen molar-refractivity contribution in [1.82, 2.24) is 5.32 Å². The summed E-state index contributed by atoms with van der Waals surface area (Å²) in [6.45, 7) is 5.22. The van der Waals surface area contributed by atoms with Gasteiger partial charge in [-0.3, -0.25) is 0 Å². The molecule has 1 rings (SSSR count). The molecule has 1 fully saturated rings. The Hall–Kier alpha value is -0.0800. The van der Waals surface area contributed by atoms with Gasteiger partial charge in [0.05, 0.1) is 13.2 Å². The van der Waals surface area contributed by atoms with Gasteiger partial charge in [0.25, 0.3) is 0 Å². The van der Waals surface area contributed by atoms with Gasteiger partial charge in [0, 0.05) is 12.0 Å². The zero-order valence-electron chi connectivity index (χ0n) is 6.24. The van der Waals surface area contributed by atoms with Crippen molar-refractivity contribution in [3.05, 3.63) is 0 Å². The molecule has 0 bridgehead atoms. The third-order valence-corrected chi connectivity index (χ3v) is 2.12. The van der Waals surface area contributed by atoms with Gasteiger partial charge in [0.2, 0.25) is 0 Å². The van der Waals surface area contributed by atoms with Gasteiger partial charge in [-0.2, -0.15) is 0 Å². The van der Waals surface area contributed by atoms with E-state index in [1.807, 2.05) is 7.05 Å². The lowest BCUT2D eigenvalue weighted by atomic mass is 9.83. The van der Waals surface area contributed by atoms with E-state index in [1.165, 1.54) is 6.42 Å². The highest BCUT2D eigenvalue weighted by atomic mass is 16.5. The summed E-state index contributed by atoms with van der Waals surface area (Å²) in [5.74, 6) is 0. The van der Waals surface area contributed by atoms with Crippen molar-refractivity contribution < 1.29 is 4.74 Å². The molecule has 0 radical (unpaired) electrons. The lowest BCUT2D eigenvalue weighted by Gasteiger charge is -2.40. The minimum absolute atomic E-state index is 0.481. The molecule has 1 aliphatic rings. The molecule has 0 aromatic rings. The highest BCUT2D eigenvalue weighted by molar-refractivity contribution is 4.85. The van der Waals surface area contributed by atoms with Gasteiger partial charge in [-0.15, -0.1) is 0 Å². The monoisotopic (exact) mass is 129 g/mol. The molecule has 1 heterocycles. The Bertz CT molecular complexity index is 83.4. The molecular formula is C7H15NO. The Morgan fingerprint density at radius 3 is 2.33 bits per heavy atom. The van der Waals surface area contributed by atoms with Crippen molar-refractivity contribution in [3.8, 4) is 0 Å². The van der Waals surface area contributed by atoms with Crippen LogP contribution in [0.2, 0.25) is 0 Å². The van der Waals surface area contributed by atoms with Crippen LogP contribution in [0.15, 0.2) is 0 Å². The molecule has 1 aliphatic heterocycles. The van der Waals surface area contributed by atoms with Crippen molar-refractivity contribution in [2.75, 3.05) is 26.8 Å². The molecular weight excluding hydrogens is 114 g/mol. The molecule has 0 aromatic heterocycles. The van der Waals surface area contributed by atoms with Gasteiger partial charge in [0.1, 0.15) is 0 Å². The van der Waals surface area contributed by atoms with Crippen LogP contribution in [0.5, 0.6) is 0 Å². The molecule has 0 amide bonds. The fourth-order valence-electron chi connectivity index (χ4n) is 1.20. The summed E-state index contributed by atoms with van der Waals surface area (Å²) in [5, 5.41) is 3.18. The Morgan fingerprint density at radius 2 is 2.22 bits per heavy atom. The molecule has 0 atom stereocenters. The summed E-state index contributed by atoms with van der Waals surface area (Å²) < 4.78 is 5.14. The quantitative estimate of drug-likeness (QED) is 0.603. The maximum atomic E-state index is 5.14. The van der Waals surface area contributed by atoms with Crippen molar-refractivity contribution >= 4 is 0 Å². The van der Waals surface area contributed by atoms with Crippen LogP contribution >= 0.6 is 0 Å². The molecule has 2 heteroatoms. The summed E-state index contributed by atoms with van der Waals surface area (Å²) >= 11 is 0. The van der Waals surface area contributed by atoms with E-state index in [-0.39, 0.29) is 0 Å². The second-order valence-corrected chi connectivity index (χ2v) is 2.88. The average molecular weight is 129 g/mol. The van der Waals surface area contributed by atoms with Gasteiger partial charge < -0.3 is 10.1 Å². The lowest BCUT2D eigenvalue weighted by molar-refractivity contribution is -0.112. The highest BCUT2D eigenvalue weighted by Crippen LogP contribution is 2.29. The standard InChI is InChI=1S/C7H15NO/c1-3-7(4-8-2)5-9-6-7/h8H,3-6H2,1-2H3. The van der Waals surface area contributed by atoms with Crippen LogP contribution in [0.3, 0.4) is 0 Å². The summed E-state index contributed by atoms with van der Waals surface area (Å²) in [6, 6.07) is 0. The van der Waals surface area contributed by atoms with E-state index in [2.05, 4.69) is 12.2 Å². The van der Waals surface area contributed by atoms with Crippen LogP contribution in [-0.2, 0) is 4.74 Å². The number of rotatable bonds is 3. The van der Waals surface area contributed by atoms with Crippen LogP contribution in [0, 0.1) is 5.41 Å². The van der Waals surface area contributed by atoms with E-state index in [1.54, 1.807) is 0 Å². The second kappa shape index (κ2) is 2.67. The van der Waals surface area contributed by atoms with Crippen LogP contribution < -0.4 is 5.32 Å². The van der Waals surface area contributed by atoms with Crippen LogP contribution in [0.25, 0.3) is 0 Å². The first-order valence-electron chi connectivity index (χ1n) is 3.55. The Labute approximate surface area is 56.6 Å². The first kappa shape index (κ1) is 7.03. The molecule has 9 heavy (non-hydrogen) atoms. The summed E-state index contributed by atoms with van der Waals surface area (Å²) in [7, 11) is 2.00. The van der Waals surface area contributed by atoms with Crippen LogP contribution in [0.4, 0.5) is 0 Å². The van der Waals surface area contributed by atoms with Gasteiger partial charge in [-0.05, 0) is 13.5 Å². The van der Waals surface area contributed by atoms with Crippen molar-refractivity contribution in [2.45, 2.75) is 13.3 Å². The lowest BCUT2D eigenvalue weighted by Crippen LogP contribution is -2.48. The molecule has 54 valence electrons. The van der Waals surface area contributed by atoms with E-state index in [0.29, 0.717) is 5.41 Å². The van der Waals surface area contributed by atoms with Gasteiger partial charge >= 0.3 is 0 Å². The molecule has 0 unspecified atom stereocenters. The summed E-state index contributed by atoms with van der Waals surface area (Å²) in [6.07, 6.45) is 1.23. The molecule has 0 aromatic carbocycles. The Balaban J connectivity index is 2.28. The predicted molar refractivity (Wildman–Crippen MR) is 37.5 cm³/mol. The molecule has 1 saturated heterocycles. The largest absolute Gasteiger partial charge is 0.380 e. The maximum Gasteiger partial charge on any atom is 0.0556 e. The summed E-state index contributed by atoms with van der Waals surface area (Å²) in [4.78, 5) is 0. The SMILES string of the molecule is CCC1(CNC)COC1. The molecule has 2 nitrogen and oxygen atoms in total. The first-order valence-corrected chi connectivity index (χ1v) is 3.55. The summed E-state index contributed by atoms with van der Waals surface area (Å²) in [5.41, 5.74) is 0.481. The molecule has 1 N–H and O–H groups in total. The van der Waals surface area contributed by atoms with E-state index in [9.17, 15) is 0 Å². The first-order chi connectivity index (χ1) is 4.33. The topological polar surface area (TPSA) is 21.3 Å². The number of nitrogens with one attached hydrogen (secondary N) is 1. The third-order valence-electron chi connectivity index (χ3n) is 2.12. The Kier molecular flexibility index (Phi) is 2.09. The minimum atomic E-state index is 0.481. The van der Waals surface area contributed by atoms with E-state index in [0.717, 1.165) is 19.8 Å². The Morgan fingerprint density at radius 1 is 1.56 bits per heavy atom. The fourth-order valence-corrected chi connectivity index (χ4v) is 1.20. The van der Waals surface area contributed by atoms with Crippen LogP contribution in [-0.4, -0.2) is 26.8 Å². The smallest absolute Gasteiger partial charge is 0.0556 e. The molecule has 0 spiro atoms. The van der Waals surface area contributed by atoms with Crippen molar-refractivity contribution in [2.24, 2.45) is 5.41 Å². The van der Waals surface area contributed by atoms with Gasteiger partial charge in [-0.25, -0.2) is 0 Å². The van der Waals surface area contributed by atoms with Crippen LogP contribution in [0.1, 0.15) is 13.3 Å². The predicted octanol–water partition coefficient (Wildman–Crippen LogP) is 0.632. The zero-order valence-corrected chi connectivity index (χ0v) is 6.24. The minimum Gasteiger partial charge on any atom is -0.380 e. The number of ether oxygens (including phenoxy) is 1. The van der Waals surface area contributed by atoms with Crippen molar-refractivity contribution in [1.29, 1.82) is 0 Å².